The molecule has 0 spiro atoms. The topological polar surface area (TPSA) is 104 Å². The Balaban J connectivity index is 1.66. The number of carbonyl (C=O) groups is 2. The van der Waals surface area contributed by atoms with Crippen molar-refractivity contribution < 1.29 is 32.2 Å². The first kappa shape index (κ1) is 31.3. The number of sulfonamides is 1. The Bertz CT molecular complexity index is 1600. The van der Waals surface area contributed by atoms with Crippen molar-refractivity contribution in [1.82, 2.24) is 4.90 Å². The Morgan fingerprint density at radius 3 is 2.35 bits per heavy atom. The van der Waals surface area contributed by atoms with Gasteiger partial charge in [-0.1, -0.05) is 66.5 Å². The second-order valence-electron chi connectivity index (χ2n) is 10.7. The molecule has 0 radical (unpaired) electrons. The van der Waals surface area contributed by atoms with Crippen LogP contribution in [-0.4, -0.2) is 54.2 Å². The van der Waals surface area contributed by atoms with Gasteiger partial charge in [0.05, 0.1) is 36.0 Å². The Morgan fingerprint density at radius 2 is 1.74 bits per heavy atom. The number of para-hydroxylation sites is 1. The number of carbonyl (C=O) groups excluding carboxylic acids is 1. The molecule has 228 valence electrons. The van der Waals surface area contributed by atoms with Crippen LogP contribution in [0.5, 0.6) is 0 Å². The van der Waals surface area contributed by atoms with E-state index in [2.05, 4.69) is 0 Å². The molecule has 1 amide bonds. The number of hydrogen-bond acceptors (Lipinski definition) is 5. The van der Waals surface area contributed by atoms with E-state index in [1.165, 1.54) is 23.1 Å². The monoisotopic (exact) mass is 648 g/mol. The van der Waals surface area contributed by atoms with Crippen molar-refractivity contribution in [2.45, 2.75) is 62.1 Å². The van der Waals surface area contributed by atoms with Crippen LogP contribution in [0.3, 0.4) is 0 Å². The number of rotatable bonds is 11. The molecule has 5 rings (SSSR count). The average molecular weight is 650 g/mol. The first-order chi connectivity index (χ1) is 20.5. The molecule has 8 nitrogen and oxygen atoms in total. The first-order valence-corrected chi connectivity index (χ1v) is 16.2. The fourth-order valence-corrected chi connectivity index (χ4v) is 7.76. The normalized spacial score (nSPS) is 21.4. The summed E-state index contributed by atoms with van der Waals surface area (Å²) in [7, 11) is -3.96. The Hall–Kier alpha value is -3.18. The van der Waals surface area contributed by atoms with Crippen LogP contribution in [0.15, 0.2) is 72.8 Å². The summed E-state index contributed by atoms with van der Waals surface area (Å²) in [5, 5.41) is 9.91. The zero-order valence-corrected chi connectivity index (χ0v) is 25.6. The number of aliphatic carboxylic acids is 1. The number of benzene rings is 3. The van der Waals surface area contributed by atoms with Gasteiger partial charge in [0.1, 0.15) is 18.0 Å². The Kier molecular flexibility index (Phi) is 9.31. The smallest absolute Gasteiger partial charge is 0.306 e. The maximum absolute atomic E-state index is 15.1. The van der Waals surface area contributed by atoms with Gasteiger partial charge in [0.25, 0.3) is 5.91 Å². The molecular formula is C31H31Cl2FN2O6S. The molecular weight excluding hydrogens is 618 g/mol. The lowest BCUT2D eigenvalue weighted by molar-refractivity contribution is -0.183. The number of carboxylic acids is 1. The van der Waals surface area contributed by atoms with Crippen molar-refractivity contribution in [1.29, 1.82) is 0 Å². The van der Waals surface area contributed by atoms with Crippen molar-refractivity contribution in [3.63, 3.8) is 0 Å². The molecule has 0 bridgehead atoms. The second kappa shape index (κ2) is 12.8. The Morgan fingerprint density at radius 1 is 1.05 bits per heavy atom. The summed E-state index contributed by atoms with van der Waals surface area (Å²) >= 11 is 12.5. The quantitative estimate of drug-likeness (QED) is 0.258. The first-order valence-electron chi connectivity index (χ1n) is 14.0. The van der Waals surface area contributed by atoms with Crippen molar-refractivity contribution in [3.8, 4) is 0 Å². The molecule has 3 aromatic rings. The fraction of sp³-hybridized carbons (Fsp3) is 0.355. The van der Waals surface area contributed by atoms with Gasteiger partial charge in [-0.05, 0) is 66.8 Å². The molecule has 1 N–H and O–H groups in total. The molecule has 12 heteroatoms. The lowest BCUT2D eigenvalue weighted by Crippen LogP contribution is -2.58. The predicted molar refractivity (Wildman–Crippen MR) is 162 cm³/mol. The largest absolute Gasteiger partial charge is 0.481 e. The SMILES string of the molecule is CC[C@H](CN(c1ccccc1F)S(=O)(=O)C1CC1)N1C(=O)[C@H](CC(=O)O)O[C@H](c2cccc(Cl)c2)C1c1ccc(Cl)cc1. The van der Waals surface area contributed by atoms with Crippen LogP contribution in [0.1, 0.15) is 55.9 Å². The third-order valence-corrected chi connectivity index (χ3v) is 10.6. The molecule has 1 unspecified atom stereocenters. The number of amides is 1. The van der Waals surface area contributed by atoms with Gasteiger partial charge in [-0.3, -0.25) is 13.9 Å². The highest BCUT2D eigenvalue weighted by atomic mass is 35.5. The molecule has 1 saturated heterocycles. The Labute approximate surface area is 260 Å². The standard InChI is InChI=1S/C31H31Cl2FN2O6S/c1-2-23(18-35(43(40,41)24-14-15-24)26-9-4-3-8-25(26)34)36-29(19-10-12-21(32)13-11-19)30(20-6-5-7-22(33)16-20)42-27(31(36)39)17-28(37)38/h3-13,16,23-24,27,29-30H,2,14-15,17-18H2,1H3,(H,37,38)/t23-,27+,29?,30-/m1/s1. The lowest BCUT2D eigenvalue weighted by atomic mass is 9.89. The molecule has 2 fully saturated rings. The summed E-state index contributed by atoms with van der Waals surface area (Å²) in [5.41, 5.74) is 1.13. The van der Waals surface area contributed by atoms with E-state index >= 15 is 4.39 Å². The number of halogens is 3. The summed E-state index contributed by atoms with van der Waals surface area (Å²) < 4.78 is 49.9. The highest BCUT2D eigenvalue weighted by Crippen LogP contribution is 2.45. The number of nitrogens with zero attached hydrogens (tertiary/aromatic N) is 2. The number of carboxylic acid groups (broad SMARTS) is 1. The number of hydrogen-bond donors (Lipinski definition) is 1. The third-order valence-electron chi connectivity index (χ3n) is 7.79. The van der Waals surface area contributed by atoms with E-state index in [1.807, 2.05) is 0 Å². The second-order valence-corrected chi connectivity index (χ2v) is 13.7. The maximum Gasteiger partial charge on any atom is 0.306 e. The van der Waals surface area contributed by atoms with E-state index in [0.29, 0.717) is 34.0 Å². The van der Waals surface area contributed by atoms with Gasteiger partial charge < -0.3 is 14.7 Å². The van der Waals surface area contributed by atoms with Crippen molar-refractivity contribution in [3.05, 3.63) is 99.8 Å². The minimum absolute atomic E-state index is 0.106. The van der Waals surface area contributed by atoms with E-state index < -0.39 is 63.7 Å². The molecule has 1 aliphatic heterocycles. The minimum Gasteiger partial charge on any atom is -0.481 e. The van der Waals surface area contributed by atoms with Crippen molar-refractivity contribution >= 4 is 50.8 Å². The lowest BCUT2D eigenvalue weighted by Gasteiger charge is -2.48. The minimum atomic E-state index is -3.96. The average Bonchev–Trinajstić information content (AvgIpc) is 3.82. The predicted octanol–water partition coefficient (Wildman–Crippen LogP) is 6.39. The van der Waals surface area contributed by atoms with Crippen LogP contribution in [0.25, 0.3) is 0 Å². The van der Waals surface area contributed by atoms with Crippen LogP contribution in [-0.2, 0) is 24.3 Å². The van der Waals surface area contributed by atoms with Gasteiger partial charge in [0.15, 0.2) is 0 Å². The van der Waals surface area contributed by atoms with E-state index in [9.17, 15) is 23.1 Å². The molecule has 3 aromatic carbocycles. The highest BCUT2D eigenvalue weighted by Gasteiger charge is 2.49. The summed E-state index contributed by atoms with van der Waals surface area (Å²) in [6.45, 7) is 1.56. The number of morpholine rings is 1. The molecule has 2 aliphatic rings. The van der Waals surface area contributed by atoms with E-state index in [0.717, 1.165) is 4.31 Å². The summed E-state index contributed by atoms with van der Waals surface area (Å²) in [5.74, 6) is -2.54. The van der Waals surface area contributed by atoms with Gasteiger partial charge in [-0.25, -0.2) is 12.8 Å². The van der Waals surface area contributed by atoms with E-state index in [-0.39, 0.29) is 18.7 Å². The molecule has 43 heavy (non-hydrogen) atoms. The van der Waals surface area contributed by atoms with Crippen LogP contribution in [0, 0.1) is 5.82 Å². The third kappa shape index (κ3) is 6.67. The summed E-state index contributed by atoms with van der Waals surface area (Å²) in [6.07, 6.45) is -1.62. The molecule has 1 heterocycles. The highest BCUT2D eigenvalue weighted by molar-refractivity contribution is 7.93. The van der Waals surface area contributed by atoms with Gasteiger partial charge >= 0.3 is 5.97 Å². The van der Waals surface area contributed by atoms with Gasteiger partial charge in [-0.15, -0.1) is 0 Å². The number of ether oxygens (including phenoxy) is 1. The molecule has 0 aromatic heterocycles. The van der Waals surface area contributed by atoms with Gasteiger partial charge in [-0.2, -0.15) is 0 Å². The number of anilines is 1. The van der Waals surface area contributed by atoms with Crippen LogP contribution >= 0.6 is 23.2 Å². The summed E-state index contributed by atoms with van der Waals surface area (Å²) in [4.78, 5) is 27.5. The zero-order chi connectivity index (χ0) is 30.9. The van der Waals surface area contributed by atoms with E-state index in [1.54, 1.807) is 61.5 Å². The molecule has 1 saturated carbocycles. The molecule has 1 aliphatic carbocycles. The maximum atomic E-state index is 15.1. The summed E-state index contributed by atoms with van der Waals surface area (Å²) in [6, 6.07) is 17.7. The van der Waals surface area contributed by atoms with Crippen LogP contribution in [0.2, 0.25) is 10.0 Å². The van der Waals surface area contributed by atoms with E-state index in [4.69, 9.17) is 27.9 Å². The van der Waals surface area contributed by atoms with Crippen LogP contribution in [0.4, 0.5) is 10.1 Å². The van der Waals surface area contributed by atoms with Crippen LogP contribution < -0.4 is 4.31 Å². The van der Waals surface area contributed by atoms with Gasteiger partial charge in [0, 0.05) is 10.0 Å². The van der Waals surface area contributed by atoms with Crippen molar-refractivity contribution in [2.75, 3.05) is 10.8 Å². The van der Waals surface area contributed by atoms with Crippen molar-refractivity contribution in [2.24, 2.45) is 0 Å². The fourth-order valence-electron chi connectivity index (χ4n) is 5.54. The molecule has 4 atom stereocenters. The zero-order valence-electron chi connectivity index (χ0n) is 23.3. The van der Waals surface area contributed by atoms with Gasteiger partial charge in [0.2, 0.25) is 10.0 Å².